The number of aromatic nitrogens is 1. The van der Waals surface area contributed by atoms with Crippen LogP contribution in [0.15, 0.2) is 30.5 Å². The van der Waals surface area contributed by atoms with Gasteiger partial charge in [0.05, 0.1) is 7.11 Å². The van der Waals surface area contributed by atoms with Crippen LogP contribution in [0.3, 0.4) is 0 Å². The standard InChI is InChI=1S/C15H18N2O2/c1-10-5-11(7-13(6-10)19-4)12-8-14(15(18)16-2)17(3)9-12/h5-9H,1-4H3,(H,16,18). The van der Waals surface area contributed by atoms with Crippen LogP contribution in [0.25, 0.3) is 11.1 Å². The third kappa shape index (κ3) is 2.62. The zero-order valence-corrected chi connectivity index (χ0v) is 11.7. The average Bonchev–Trinajstić information content (AvgIpc) is 2.79. The monoisotopic (exact) mass is 258 g/mol. The number of ether oxygens (including phenoxy) is 1. The fraction of sp³-hybridized carbons (Fsp3) is 0.267. The summed E-state index contributed by atoms with van der Waals surface area (Å²) in [4.78, 5) is 11.7. The van der Waals surface area contributed by atoms with E-state index < -0.39 is 0 Å². The van der Waals surface area contributed by atoms with Crippen LogP contribution in [0.1, 0.15) is 16.1 Å². The quantitative estimate of drug-likeness (QED) is 0.918. The smallest absolute Gasteiger partial charge is 0.267 e. The lowest BCUT2D eigenvalue weighted by Gasteiger charge is -2.05. The van der Waals surface area contributed by atoms with E-state index in [1.165, 1.54) is 0 Å². The number of methoxy groups -OCH3 is 1. The van der Waals surface area contributed by atoms with Gasteiger partial charge >= 0.3 is 0 Å². The molecule has 0 atom stereocenters. The van der Waals surface area contributed by atoms with Crippen molar-refractivity contribution in [2.24, 2.45) is 7.05 Å². The number of aryl methyl sites for hydroxylation is 2. The molecule has 4 nitrogen and oxygen atoms in total. The maximum Gasteiger partial charge on any atom is 0.267 e. The van der Waals surface area contributed by atoms with Gasteiger partial charge in [-0.3, -0.25) is 4.79 Å². The van der Waals surface area contributed by atoms with Crippen LogP contribution < -0.4 is 10.1 Å². The van der Waals surface area contributed by atoms with Gasteiger partial charge in [-0.2, -0.15) is 0 Å². The van der Waals surface area contributed by atoms with Crippen molar-refractivity contribution in [2.45, 2.75) is 6.92 Å². The number of hydrogen-bond acceptors (Lipinski definition) is 2. The molecule has 1 N–H and O–H groups in total. The molecule has 0 aliphatic rings. The summed E-state index contributed by atoms with van der Waals surface area (Å²) in [5.41, 5.74) is 3.81. The Hall–Kier alpha value is -2.23. The summed E-state index contributed by atoms with van der Waals surface area (Å²) in [5.74, 6) is 0.730. The van der Waals surface area contributed by atoms with E-state index in [2.05, 4.69) is 11.4 Å². The number of carbonyl (C=O) groups is 1. The summed E-state index contributed by atoms with van der Waals surface area (Å²) in [7, 11) is 5.14. The molecule has 100 valence electrons. The molecule has 4 heteroatoms. The number of amides is 1. The predicted octanol–water partition coefficient (Wildman–Crippen LogP) is 2.37. The molecule has 1 amide bonds. The second-order valence-corrected chi connectivity index (χ2v) is 4.54. The third-order valence-electron chi connectivity index (χ3n) is 3.08. The lowest BCUT2D eigenvalue weighted by molar-refractivity contribution is 0.0955. The van der Waals surface area contributed by atoms with Crippen molar-refractivity contribution in [3.8, 4) is 16.9 Å². The first-order valence-electron chi connectivity index (χ1n) is 6.09. The number of carbonyl (C=O) groups excluding carboxylic acids is 1. The summed E-state index contributed by atoms with van der Waals surface area (Å²) in [6.45, 7) is 2.02. The van der Waals surface area contributed by atoms with E-state index >= 15 is 0 Å². The molecule has 1 heterocycles. The molecule has 1 aromatic carbocycles. The molecule has 0 unspecified atom stereocenters. The fourth-order valence-electron chi connectivity index (χ4n) is 2.11. The van der Waals surface area contributed by atoms with E-state index in [-0.39, 0.29) is 5.91 Å². The zero-order chi connectivity index (χ0) is 14.0. The SMILES string of the molecule is CNC(=O)c1cc(-c2cc(C)cc(OC)c2)cn1C. The Labute approximate surface area is 113 Å². The largest absolute Gasteiger partial charge is 0.497 e. The lowest BCUT2D eigenvalue weighted by atomic mass is 10.1. The van der Waals surface area contributed by atoms with Gasteiger partial charge < -0.3 is 14.6 Å². The molecule has 0 saturated carbocycles. The second kappa shape index (κ2) is 5.18. The molecule has 1 aromatic heterocycles. The molecule has 2 rings (SSSR count). The number of nitrogens with zero attached hydrogens (tertiary/aromatic N) is 1. The van der Waals surface area contributed by atoms with Gasteiger partial charge in [-0.15, -0.1) is 0 Å². The second-order valence-electron chi connectivity index (χ2n) is 4.54. The van der Waals surface area contributed by atoms with Gasteiger partial charge in [-0.25, -0.2) is 0 Å². The highest BCUT2D eigenvalue weighted by molar-refractivity contribution is 5.94. The van der Waals surface area contributed by atoms with Crippen molar-refractivity contribution in [3.63, 3.8) is 0 Å². The predicted molar refractivity (Wildman–Crippen MR) is 75.5 cm³/mol. The van der Waals surface area contributed by atoms with Crippen LogP contribution in [0.2, 0.25) is 0 Å². The van der Waals surface area contributed by atoms with Crippen molar-refractivity contribution >= 4 is 5.91 Å². The molecule has 0 aliphatic heterocycles. The molecule has 0 bridgehead atoms. The van der Waals surface area contributed by atoms with Crippen LogP contribution in [-0.4, -0.2) is 24.6 Å². The summed E-state index contributed by atoms with van der Waals surface area (Å²) >= 11 is 0. The van der Waals surface area contributed by atoms with Gasteiger partial charge in [-0.05, 0) is 36.2 Å². The highest BCUT2D eigenvalue weighted by Gasteiger charge is 2.11. The van der Waals surface area contributed by atoms with Gasteiger partial charge in [0, 0.05) is 25.9 Å². The average molecular weight is 258 g/mol. The molecule has 0 spiro atoms. The van der Waals surface area contributed by atoms with E-state index in [0.29, 0.717) is 5.69 Å². The van der Waals surface area contributed by atoms with Gasteiger partial charge in [0.15, 0.2) is 0 Å². The van der Waals surface area contributed by atoms with Crippen molar-refractivity contribution in [1.82, 2.24) is 9.88 Å². The molecule has 0 fully saturated rings. The zero-order valence-electron chi connectivity index (χ0n) is 11.7. The molecule has 2 aromatic rings. The molecule has 0 radical (unpaired) electrons. The molecular formula is C15H18N2O2. The Morgan fingerprint density at radius 2 is 1.95 bits per heavy atom. The summed E-state index contributed by atoms with van der Waals surface area (Å²) in [6.07, 6.45) is 1.94. The van der Waals surface area contributed by atoms with Gasteiger partial charge in [0.25, 0.3) is 5.91 Å². The minimum atomic E-state index is -0.0895. The highest BCUT2D eigenvalue weighted by Crippen LogP contribution is 2.27. The van der Waals surface area contributed by atoms with E-state index in [9.17, 15) is 4.79 Å². The van der Waals surface area contributed by atoms with Crippen LogP contribution in [-0.2, 0) is 7.05 Å². The van der Waals surface area contributed by atoms with E-state index in [0.717, 1.165) is 22.4 Å². The Morgan fingerprint density at radius 1 is 1.21 bits per heavy atom. The van der Waals surface area contributed by atoms with Crippen molar-refractivity contribution < 1.29 is 9.53 Å². The molecule has 0 aliphatic carbocycles. The van der Waals surface area contributed by atoms with Crippen LogP contribution >= 0.6 is 0 Å². The summed E-state index contributed by atoms with van der Waals surface area (Å²) in [6, 6.07) is 7.90. The summed E-state index contributed by atoms with van der Waals surface area (Å²) in [5, 5.41) is 2.64. The maximum absolute atomic E-state index is 11.7. The third-order valence-corrected chi connectivity index (χ3v) is 3.08. The number of hydrogen-bond donors (Lipinski definition) is 1. The normalized spacial score (nSPS) is 10.3. The molecule has 19 heavy (non-hydrogen) atoms. The minimum Gasteiger partial charge on any atom is -0.497 e. The molecular weight excluding hydrogens is 240 g/mol. The first-order chi connectivity index (χ1) is 9.05. The Balaban J connectivity index is 2.48. The Bertz CT molecular complexity index is 615. The van der Waals surface area contributed by atoms with Crippen molar-refractivity contribution in [3.05, 3.63) is 41.7 Å². The van der Waals surface area contributed by atoms with E-state index in [1.807, 2.05) is 42.9 Å². The number of rotatable bonds is 3. The topological polar surface area (TPSA) is 43.3 Å². The number of benzene rings is 1. The van der Waals surface area contributed by atoms with Crippen LogP contribution in [0.5, 0.6) is 5.75 Å². The van der Waals surface area contributed by atoms with E-state index in [1.54, 1.807) is 14.2 Å². The van der Waals surface area contributed by atoms with Crippen molar-refractivity contribution in [2.75, 3.05) is 14.2 Å². The molecule has 0 saturated heterocycles. The Morgan fingerprint density at radius 3 is 2.58 bits per heavy atom. The van der Waals surface area contributed by atoms with Gasteiger partial charge in [0.1, 0.15) is 11.4 Å². The number of nitrogens with one attached hydrogen (secondary N) is 1. The van der Waals surface area contributed by atoms with E-state index in [4.69, 9.17) is 4.74 Å². The first-order valence-corrected chi connectivity index (χ1v) is 6.09. The lowest BCUT2D eigenvalue weighted by Crippen LogP contribution is -2.20. The van der Waals surface area contributed by atoms with Gasteiger partial charge in [0.2, 0.25) is 0 Å². The van der Waals surface area contributed by atoms with Gasteiger partial charge in [-0.1, -0.05) is 6.07 Å². The first kappa shape index (κ1) is 13.2. The Kier molecular flexibility index (Phi) is 3.60. The fourth-order valence-corrected chi connectivity index (χ4v) is 2.11. The van der Waals surface area contributed by atoms with Crippen molar-refractivity contribution in [1.29, 1.82) is 0 Å². The van der Waals surface area contributed by atoms with Crippen LogP contribution in [0.4, 0.5) is 0 Å². The minimum absolute atomic E-state index is 0.0895. The highest BCUT2D eigenvalue weighted by atomic mass is 16.5. The maximum atomic E-state index is 11.7. The van der Waals surface area contributed by atoms with Crippen LogP contribution in [0, 0.1) is 6.92 Å². The summed E-state index contributed by atoms with van der Waals surface area (Å²) < 4.78 is 7.10.